The molecule has 11 aliphatic rings. The third kappa shape index (κ3) is 6.64. The fraction of sp³-hybridized carbons (Fsp3) is 0.911. The van der Waals surface area contributed by atoms with E-state index in [9.17, 15) is 19.2 Å². The molecule has 0 radical (unpaired) electrons. The highest BCUT2D eigenvalue weighted by Crippen LogP contribution is 2.62. The normalized spacial score (nSPS) is 45.3. The van der Waals surface area contributed by atoms with Crippen molar-refractivity contribution in [1.82, 2.24) is 0 Å². The first kappa shape index (κ1) is 41.5. The van der Waals surface area contributed by atoms with Crippen LogP contribution in [-0.2, 0) is 42.9 Å². The molecule has 10 unspecified atom stereocenters. The number of esters is 4. The molecule has 0 spiro atoms. The lowest BCUT2D eigenvalue weighted by Gasteiger charge is -2.60. The SMILES string of the molecule is C.C.C.CCC(CC(CC(C)C(=O)OC12CC3CC(CC(OC)(C3)C1)C2)C(=O)OC1(CC)C2CC3CC(C2)CC1C3)C(=O)OC1C2CC3C(=O)OC1C3C2. The minimum absolute atomic E-state index is 0. The molecule has 0 aromatic rings. The highest BCUT2D eigenvalue weighted by atomic mass is 16.6. The standard InChI is InChI=1S/C42H60O9.3CH4/c1-5-27(37(44)48-34-28-15-32-33(16-28)39(46)49-35(32)34)14-29(38(45)51-42(6-2)30-10-23-8-24(12-30)13-31(42)11-23)7-22(3)36(43)50-41-19-25-9-26(20-41)18-40(17-25,21-41)47-4;;;/h22-35H,5-21H2,1-4H3;3*1H4. The maximum absolute atomic E-state index is 14.6. The van der Waals surface area contributed by atoms with Crippen LogP contribution in [0.25, 0.3) is 0 Å². The summed E-state index contributed by atoms with van der Waals surface area (Å²) < 4.78 is 31.3. The van der Waals surface area contributed by atoms with Crippen LogP contribution in [0.4, 0.5) is 0 Å². The van der Waals surface area contributed by atoms with Crippen molar-refractivity contribution < 1.29 is 42.9 Å². The molecule has 1 heterocycles. The zero-order valence-electron chi connectivity index (χ0n) is 31.3. The van der Waals surface area contributed by atoms with Crippen molar-refractivity contribution in [3.63, 3.8) is 0 Å². The highest BCUT2D eigenvalue weighted by molar-refractivity contribution is 5.79. The van der Waals surface area contributed by atoms with Gasteiger partial charge >= 0.3 is 23.9 Å². The first-order chi connectivity index (χ1) is 24.4. The van der Waals surface area contributed by atoms with E-state index in [1.807, 2.05) is 13.8 Å². The van der Waals surface area contributed by atoms with Gasteiger partial charge in [0.25, 0.3) is 0 Å². The summed E-state index contributed by atoms with van der Waals surface area (Å²) in [6.07, 6.45) is 14.4. The van der Waals surface area contributed by atoms with Gasteiger partial charge in [-0.05, 0) is 138 Å². The summed E-state index contributed by atoms with van der Waals surface area (Å²) >= 11 is 0. The van der Waals surface area contributed by atoms with Crippen molar-refractivity contribution in [2.75, 3.05) is 7.11 Å². The van der Waals surface area contributed by atoms with E-state index in [-0.39, 0.29) is 88.5 Å². The molecule has 0 amide bonds. The Bertz CT molecular complexity index is 1400. The van der Waals surface area contributed by atoms with Gasteiger partial charge < -0.3 is 23.7 Å². The molecular weight excluding hydrogens is 684 g/mol. The zero-order chi connectivity index (χ0) is 35.4. The van der Waals surface area contributed by atoms with Gasteiger partial charge in [-0.25, -0.2) is 0 Å². The molecular formula is C45H72O9. The molecule has 11 fully saturated rings. The Hall–Kier alpha value is -2.16. The smallest absolute Gasteiger partial charge is 0.309 e. The lowest BCUT2D eigenvalue weighted by molar-refractivity contribution is -0.229. The summed E-state index contributed by atoms with van der Waals surface area (Å²) in [6.45, 7) is 6.01. The summed E-state index contributed by atoms with van der Waals surface area (Å²) in [4.78, 5) is 54.9. The maximum atomic E-state index is 14.6. The van der Waals surface area contributed by atoms with E-state index in [1.54, 1.807) is 7.11 Å². The van der Waals surface area contributed by atoms with Gasteiger partial charge in [-0.3, -0.25) is 19.2 Å². The van der Waals surface area contributed by atoms with E-state index in [0.29, 0.717) is 30.1 Å². The molecule has 306 valence electrons. The molecule has 11 rings (SSSR count). The van der Waals surface area contributed by atoms with Crippen molar-refractivity contribution in [3.05, 3.63) is 0 Å². The van der Waals surface area contributed by atoms with Crippen LogP contribution in [0.15, 0.2) is 0 Å². The first-order valence-corrected chi connectivity index (χ1v) is 20.9. The van der Waals surface area contributed by atoms with Gasteiger partial charge in [0, 0.05) is 25.4 Å². The van der Waals surface area contributed by atoms with Crippen molar-refractivity contribution in [2.45, 2.75) is 181 Å². The third-order valence-corrected chi connectivity index (χ3v) is 16.5. The van der Waals surface area contributed by atoms with Crippen LogP contribution in [-0.4, -0.2) is 60.0 Å². The summed E-state index contributed by atoms with van der Waals surface area (Å²) in [6, 6.07) is 0. The summed E-state index contributed by atoms with van der Waals surface area (Å²) in [5.74, 6) is 0.860. The van der Waals surface area contributed by atoms with Gasteiger partial charge in [0.05, 0.1) is 29.3 Å². The Balaban J connectivity index is 0.00000166. The Morgan fingerprint density at radius 2 is 1.35 bits per heavy atom. The largest absolute Gasteiger partial charge is 0.459 e. The second-order valence-electron chi connectivity index (χ2n) is 19.5. The van der Waals surface area contributed by atoms with Gasteiger partial charge in [0.15, 0.2) is 0 Å². The molecule has 10 atom stereocenters. The van der Waals surface area contributed by atoms with Crippen LogP contribution in [0.1, 0.15) is 152 Å². The molecule has 1 aliphatic heterocycles. The van der Waals surface area contributed by atoms with Gasteiger partial charge in [0.2, 0.25) is 0 Å². The van der Waals surface area contributed by atoms with Crippen LogP contribution in [0.5, 0.6) is 0 Å². The summed E-state index contributed by atoms with van der Waals surface area (Å²) in [5.41, 5.74) is -1.15. The molecule has 9 heteroatoms. The molecule has 0 aromatic carbocycles. The zero-order valence-corrected chi connectivity index (χ0v) is 31.3. The average molecular weight is 757 g/mol. The Morgan fingerprint density at radius 1 is 0.741 bits per heavy atom. The number of fused-ring (bicyclic) bond motifs is 1. The van der Waals surface area contributed by atoms with Crippen molar-refractivity contribution in [1.29, 1.82) is 0 Å². The number of methoxy groups -OCH3 is 1. The van der Waals surface area contributed by atoms with Crippen LogP contribution in [0.2, 0.25) is 0 Å². The minimum atomic E-state index is -0.638. The predicted octanol–water partition coefficient (Wildman–Crippen LogP) is 8.88. The van der Waals surface area contributed by atoms with Crippen molar-refractivity contribution >= 4 is 23.9 Å². The van der Waals surface area contributed by atoms with Crippen LogP contribution >= 0.6 is 0 Å². The molecule has 1 saturated heterocycles. The van der Waals surface area contributed by atoms with Crippen molar-refractivity contribution in [2.24, 2.45) is 71.0 Å². The molecule has 10 saturated carbocycles. The summed E-state index contributed by atoms with van der Waals surface area (Å²) in [7, 11) is 1.80. The van der Waals surface area contributed by atoms with Crippen molar-refractivity contribution in [3.8, 4) is 0 Å². The van der Waals surface area contributed by atoms with Gasteiger partial charge in [-0.15, -0.1) is 0 Å². The van der Waals surface area contributed by atoms with Gasteiger partial charge in [-0.2, -0.15) is 0 Å². The Kier molecular flexibility index (Phi) is 11.5. The fourth-order valence-corrected chi connectivity index (χ4v) is 14.7. The van der Waals surface area contributed by atoms with E-state index in [1.165, 1.54) is 12.8 Å². The van der Waals surface area contributed by atoms with Crippen LogP contribution in [0.3, 0.4) is 0 Å². The number of hydrogen-bond donors (Lipinski definition) is 0. The Labute approximate surface area is 325 Å². The van der Waals surface area contributed by atoms with E-state index in [0.717, 1.165) is 88.9 Å². The maximum Gasteiger partial charge on any atom is 0.309 e. The average Bonchev–Trinajstić information content (AvgIpc) is 3.72. The lowest BCUT2D eigenvalue weighted by atomic mass is 9.49. The number of hydrogen-bond acceptors (Lipinski definition) is 9. The minimum Gasteiger partial charge on any atom is -0.459 e. The van der Waals surface area contributed by atoms with Crippen LogP contribution < -0.4 is 0 Å². The van der Waals surface area contributed by atoms with Gasteiger partial charge in [0.1, 0.15) is 23.4 Å². The summed E-state index contributed by atoms with van der Waals surface area (Å²) in [5, 5.41) is 0. The predicted molar refractivity (Wildman–Crippen MR) is 205 cm³/mol. The molecule has 0 aromatic heterocycles. The molecule has 0 N–H and O–H groups in total. The van der Waals surface area contributed by atoms with E-state index < -0.39 is 35.1 Å². The molecule has 54 heavy (non-hydrogen) atoms. The van der Waals surface area contributed by atoms with E-state index >= 15 is 0 Å². The highest BCUT2D eigenvalue weighted by Gasteiger charge is 2.64. The molecule has 10 bridgehead atoms. The number of carbonyl (C=O) groups is 4. The third-order valence-electron chi connectivity index (χ3n) is 16.5. The first-order valence-electron chi connectivity index (χ1n) is 20.9. The molecule has 9 nitrogen and oxygen atoms in total. The Morgan fingerprint density at radius 3 is 1.94 bits per heavy atom. The lowest BCUT2D eigenvalue weighted by Crippen LogP contribution is -2.61. The van der Waals surface area contributed by atoms with E-state index in [2.05, 4.69) is 6.92 Å². The quantitative estimate of drug-likeness (QED) is 0.134. The second kappa shape index (κ2) is 15.0. The number of carbonyl (C=O) groups excluding carboxylic acids is 4. The van der Waals surface area contributed by atoms with E-state index in [4.69, 9.17) is 23.7 Å². The molecule has 10 aliphatic carbocycles. The van der Waals surface area contributed by atoms with Gasteiger partial charge in [-0.1, -0.05) is 43.1 Å². The monoisotopic (exact) mass is 757 g/mol. The second-order valence-corrected chi connectivity index (χ2v) is 19.5. The number of rotatable bonds is 13. The fourth-order valence-electron chi connectivity index (χ4n) is 14.7. The topological polar surface area (TPSA) is 114 Å². The number of ether oxygens (including phenoxy) is 5. The van der Waals surface area contributed by atoms with Crippen LogP contribution in [0, 0.1) is 71.0 Å².